The molecular formula is C14H16N4O2. The fourth-order valence-corrected chi connectivity index (χ4v) is 2.18. The number of nitrogen functional groups attached to an aromatic ring is 1. The minimum absolute atomic E-state index is 0.0124. The topological polar surface area (TPSA) is 99.2 Å². The van der Waals surface area contributed by atoms with E-state index in [1.54, 1.807) is 12.1 Å². The number of carbonyl (C=O) groups is 2. The second-order valence-corrected chi connectivity index (χ2v) is 4.65. The third-order valence-electron chi connectivity index (χ3n) is 3.20. The van der Waals surface area contributed by atoms with E-state index < -0.39 is 0 Å². The monoisotopic (exact) mass is 272 g/mol. The lowest BCUT2D eigenvalue weighted by Gasteiger charge is -2.28. The van der Waals surface area contributed by atoms with Crippen LogP contribution in [0.4, 0.5) is 5.69 Å². The molecule has 0 radical (unpaired) electrons. The Bertz CT molecular complexity index is 577. The quantitative estimate of drug-likeness (QED) is 0.608. The van der Waals surface area contributed by atoms with Crippen LogP contribution in [0.5, 0.6) is 0 Å². The molecule has 1 heterocycles. The van der Waals surface area contributed by atoms with Crippen molar-refractivity contribution in [3.8, 4) is 6.07 Å². The van der Waals surface area contributed by atoms with Crippen molar-refractivity contribution in [3.05, 3.63) is 29.3 Å². The minimum atomic E-state index is -0.249. The predicted molar refractivity (Wildman–Crippen MR) is 73.7 cm³/mol. The first-order valence-corrected chi connectivity index (χ1v) is 6.43. The van der Waals surface area contributed by atoms with Crippen LogP contribution in [0.15, 0.2) is 18.2 Å². The SMILES string of the molecule is N#CCCNC(=O)CN1CCc2ccc(N)cc2C1=O. The smallest absolute Gasteiger partial charge is 0.254 e. The van der Waals surface area contributed by atoms with Gasteiger partial charge in [-0.05, 0) is 24.1 Å². The molecule has 2 rings (SSSR count). The van der Waals surface area contributed by atoms with Crippen molar-refractivity contribution in [2.75, 3.05) is 25.4 Å². The van der Waals surface area contributed by atoms with Crippen molar-refractivity contribution < 1.29 is 9.59 Å². The average Bonchev–Trinajstić information content (AvgIpc) is 2.43. The number of nitrogens with zero attached hydrogens (tertiary/aromatic N) is 2. The van der Waals surface area contributed by atoms with Crippen LogP contribution in [0.2, 0.25) is 0 Å². The van der Waals surface area contributed by atoms with E-state index in [0.717, 1.165) is 5.56 Å². The molecule has 0 aromatic heterocycles. The number of hydrogen-bond acceptors (Lipinski definition) is 4. The Labute approximate surface area is 117 Å². The van der Waals surface area contributed by atoms with Gasteiger partial charge in [0.05, 0.1) is 19.0 Å². The molecule has 0 spiro atoms. The fraction of sp³-hybridized carbons (Fsp3) is 0.357. The van der Waals surface area contributed by atoms with Gasteiger partial charge in [-0.3, -0.25) is 9.59 Å². The fourth-order valence-electron chi connectivity index (χ4n) is 2.18. The zero-order valence-electron chi connectivity index (χ0n) is 11.1. The standard InChI is InChI=1S/C14H16N4O2/c15-5-1-6-17-13(19)9-18-7-4-10-2-3-11(16)8-12(10)14(18)20/h2-3,8H,1,4,6-7,9,16H2,(H,17,19). The van der Waals surface area contributed by atoms with Crippen LogP contribution in [0.3, 0.4) is 0 Å². The summed E-state index contributed by atoms with van der Waals surface area (Å²) in [5, 5.41) is 11.0. The highest BCUT2D eigenvalue weighted by atomic mass is 16.2. The number of amides is 2. The predicted octanol–water partition coefficient (Wildman–Crippen LogP) is 0.297. The molecule has 2 amide bonds. The molecule has 20 heavy (non-hydrogen) atoms. The maximum absolute atomic E-state index is 12.3. The summed E-state index contributed by atoms with van der Waals surface area (Å²) in [6, 6.07) is 7.22. The molecule has 0 saturated carbocycles. The molecule has 0 fully saturated rings. The largest absolute Gasteiger partial charge is 0.399 e. The third kappa shape index (κ3) is 3.06. The van der Waals surface area contributed by atoms with E-state index in [-0.39, 0.29) is 24.8 Å². The van der Waals surface area contributed by atoms with E-state index in [0.29, 0.717) is 30.8 Å². The van der Waals surface area contributed by atoms with Crippen molar-refractivity contribution in [3.63, 3.8) is 0 Å². The molecule has 1 aliphatic rings. The van der Waals surface area contributed by atoms with Crippen LogP contribution >= 0.6 is 0 Å². The number of hydrogen-bond donors (Lipinski definition) is 2. The first kappa shape index (κ1) is 13.9. The number of nitriles is 1. The van der Waals surface area contributed by atoms with Gasteiger partial charge in [0.15, 0.2) is 0 Å². The highest BCUT2D eigenvalue weighted by molar-refractivity contribution is 5.99. The lowest BCUT2D eigenvalue weighted by molar-refractivity contribution is -0.121. The van der Waals surface area contributed by atoms with Gasteiger partial charge < -0.3 is 16.0 Å². The molecule has 1 aromatic carbocycles. The van der Waals surface area contributed by atoms with Crippen molar-refractivity contribution in [1.82, 2.24) is 10.2 Å². The van der Waals surface area contributed by atoms with E-state index in [4.69, 9.17) is 11.0 Å². The number of nitrogens with two attached hydrogens (primary N) is 1. The zero-order chi connectivity index (χ0) is 14.5. The summed E-state index contributed by atoms with van der Waals surface area (Å²) in [6.07, 6.45) is 0.978. The number of benzene rings is 1. The van der Waals surface area contributed by atoms with Crippen LogP contribution in [0.1, 0.15) is 22.3 Å². The highest BCUT2D eigenvalue weighted by Gasteiger charge is 2.25. The lowest BCUT2D eigenvalue weighted by Crippen LogP contribution is -2.44. The van der Waals surface area contributed by atoms with E-state index in [1.165, 1.54) is 4.90 Å². The Kier molecular flexibility index (Phi) is 4.20. The van der Waals surface area contributed by atoms with E-state index in [1.807, 2.05) is 12.1 Å². The second kappa shape index (κ2) is 6.06. The Balaban J connectivity index is 2.00. The first-order valence-electron chi connectivity index (χ1n) is 6.43. The minimum Gasteiger partial charge on any atom is -0.399 e. The molecule has 3 N–H and O–H groups in total. The molecule has 6 nitrogen and oxygen atoms in total. The summed E-state index contributed by atoms with van der Waals surface area (Å²) >= 11 is 0. The Morgan fingerprint density at radius 1 is 1.50 bits per heavy atom. The highest BCUT2D eigenvalue weighted by Crippen LogP contribution is 2.21. The van der Waals surface area contributed by atoms with Gasteiger partial charge in [-0.2, -0.15) is 5.26 Å². The third-order valence-corrected chi connectivity index (χ3v) is 3.20. The van der Waals surface area contributed by atoms with Crippen molar-refractivity contribution in [1.29, 1.82) is 5.26 Å². The van der Waals surface area contributed by atoms with Gasteiger partial charge >= 0.3 is 0 Å². The van der Waals surface area contributed by atoms with E-state index in [2.05, 4.69) is 5.32 Å². The molecule has 1 aromatic rings. The maximum atomic E-state index is 12.3. The summed E-state index contributed by atoms with van der Waals surface area (Å²) in [7, 11) is 0. The summed E-state index contributed by atoms with van der Waals surface area (Å²) in [5.41, 5.74) is 7.76. The molecular weight excluding hydrogens is 256 g/mol. The maximum Gasteiger partial charge on any atom is 0.254 e. The molecule has 0 unspecified atom stereocenters. The normalized spacial score (nSPS) is 13.6. The van der Waals surface area contributed by atoms with Crippen LogP contribution < -0.4 is 11.1 Å². The van der Waals surface area contributed by atoms with Crippen molar-refractivity contribution in [2.24, 2.45) is 0 Å². The molecule has 0 aliphatic carbocycles. The number of rotatable bonds is 4. The van der Waals surface area contributed by atoms with Crippen LogP contribution in [0.25, 0.3) is 0 Å². The second-order valence-electron chi connectivity index (χ2n) is 4.65. The van der Waals surface area contributed by atoms with Gasteiger partial charge in [-0.25, -0.2) is 0 Å². The molecule has 0 atom stereocenters. The summed E-state index contributed by atoms with van der Waals surface area (Å²) in [5.74, 6) is -0.421. The number of carbonyl (C=O) groups excluding carboxylic acids is 2. The Morgan fingerprint density at radius 2 is 2.30 bits per heavy atom. The van der Waals surface area contributed by atoms with Gasteiger partial charge in [0, 0.05) is 24.3 Å². The van der Waals surface area contributed by atoms with Gasteiger partial charge in [-0.15, -0.1) is 0 Å². The van der Waals surface area contributed by atoms with Crippen LogP contribution in [0, 0.1) is 11.3 Å². The molecule has 1 aliphatic heterocycles. The molecule has 6 heteroatoms. The first-order chi connectivity index (χ1) is 9.61. The van der Waals surface area contributed by atoms with Crippen molar-refractivity contribution >= 4 is 17.5 Å². The zero-order valence-corrected chi connectivity index (χ0v) is 11.1. The summed E-state index contributed by atoms with van der Waals surface area (Å²) < 4.78 is 0. The van der Waals surface area contributed by atoms with Crippen molar-refractivity contribution in [2.45, 2.75) is 12.8 Å². The summed E-state index contributed by atoms with van der Waals surface area (Å²) in [4.78, 5) is 25.4. The van der Waals surface area contributed by atoms with E-state index in [9.17, 15) is 9.59 Å². The van der Waals surface area contributed by atoms with Gasteiger partial charge in [0.1, 0.15) is 0 Å². The molecule has 0 bridgehead atoms. The Morgan fingerprint density at radius 3 is 3.05 bits per heavy atom. The van der Waals surface area contributed by atoms with Gasteiger partial charge in [-0.1, -0.05) is 6.07 Å². The number of fused-ring (bicyclic) bond motifs is 1. The molecule has 0 saturated heterocycles. The number of anilines is 1. The van der Waals surface area contributed by atoms with Gasteiger partial charge in [0.25, 0.3) is 5.91 Å². The summed E-state index contributed by atoms with van der Waals surface area (Å²) in [6.45, 7) is 0.834. The lowest BCUT2D eigenvalue weighted by atomic mass is 9.98. The Hall–Kier alpha value is -2.55. The van der Waals surface area contributed by atoms with E-state index >= 15 is 0 Å². The van der Waals surface area contributed by atoms with Gasteiger partial charge in [0.2, 0.25) is 5.91 Å². The van der Waals surface area contributed by atoms with Crippen LogP contribution in [-0.2, 0) is 11.2 Å². The molecule has 104 valence electrons. The van der Waals surface area contributed by atoms with Crippen LogP contribution in [-0.4, -0.2) is 36.3 Å². The average molecular weight is 272 g/mol. The number of nitrogens with one attached hydrogen (secondary N) is 1.